The molecule has 3 heteroatoms. The molecule has 0 fully saturated rings. The molecule has 1 amide bonds. The standard InChI is InChI=1S/C11H23NO2/c1-4-10(8-13)11(14)12-7-5-6-9(2)3/h9-10,13H,4-8H2,1-3H3,(H,12,14). The largest absolute Gasteiger partial charge is 0.396 e. The number of hydrogen-bond donors (Lipinski definition) is 2. The zero-order valence-electron chi connectivity index (χ0n) is 9.55. The molecule has 0 bridgehead atoms. The van der Waals surface area contributed by atoms with Crippen LogP contribution in [0.4, 0.5) is 0 Å². The van der Waals surface area contributed by atoms with Crippen LogP contribution in [-0.4, -0.2) is 24.2 Å². The van der Waals surface area contributed by atoms with Crippen LogP contribution >= 0.6 is 0 Å². The van der Waals surface area contributed by atoms with Crippen LogP contribution in [0.2, 0.25) is 0 Å². The monoisotopic (exact) mass is 201 g/mol. The van der Waals surface area contributed by atoms with Crippen LogP contribution < -0.4 is 5.32 Å². The Balaban J connectivity index is 3.52. The van der Waals surface area contributed by atoms with Gasteiger partial charge in [-0.2, -0.15) is 0 Å². The molecule has 14 heavy (non-hydrogen) atoms. The quantitative estimate of drug-likeness (QED) is 0.614. The maximum atomic E-state index is 11.4. The first kappa shape index (κ1) is 13.4. The normalized spacial score (nSPS) is 12.9. The van der Waals surface area contributed by atoms with E-state index in [1.807, 2.05) is 6.92 Å². The summed E-state index contributed by atoms with van der Waals surface area (Å²) >= 11 is 0. The van der Waals surface area contributed by atoms with Gasteiger partial charge in [-0.3, -0.25) is 4.79 Å². The van der Waals surface area contributed by atoms with E-state index in [0.29, 0.717) is 12.3 Å². The van der Waals surface area contributed by atoms with E-state index in [1.54, 1.807) is 0 Å². The third-order valence-corrected chi connectivity index (χ3v) is 2.34. The smallest absolute Gasteiger partial charge is 0.225 e. The Morgan fingerprint density at radius 3 is 2.50 bits per heavy atom. The van der Waals surface area contributed by atoms with E-state index in [2.05, 4.69) is 19.2 Å². The molecule has 3 nitrogen and oxygen atoms in total. The van der Waals surface area contributed by atoms with Crippen molar-refractivity contribution >= 4 is 5.91 Å². The van der Waals surface area contributed by atoms with Gasteiger partial charge in [0.25, 0.3) is 0 Å². The minimum Gasteiger partial charge on any atom is -0.396 e. The molecule has 0 saturated heterocycles. The Kier molecular flexibility index (Phi) is 7.48. The third-order valence-electron chi connectivity index (χ3n) is 2.34. The Bertz CT molecular complexity index is 153. The lowest BCUT2D eigenvalue weighted by atomic mass is 10.1. The summed E-state index contributed by atoms with van der Waals surface area (Å²) in [5.41, 5.74) is 0. The Hall–Kier alpha value is -0.570. The van der Waals surface area contributed by atoms with Gasteiger partial charge in [0.1, 0.15) is 0 Å². The molecule has 0 aliphatic carbocycles. The van der Waals surface area contributed by atoms with Crippen molar-refractivity contribution in [2.75, 3.05) is 13.2 Å². The van der Waals surface area contributed by atoms with Crippen LogP contribution in [0.3, 0.4) is 0 Å². The molecule has 0 aromatic heterocycles. The van der Waals surface area contributed by atoms with Crippen LogP contribution in [0, 0.1) is 11.8 Å². The number of hydrogen-bond acceptors (Lipinski definition) is 2. The van der Waals surface area contributed by atoms with Gasteiger partial charge in [-0.25, -0.2) is 0 Å². The molecule has 0 heterocycles. The van der Waals surface area contributed by atoms with Gasteiger partial charge < -0.3 is 10.4 Å². The summed E-state index contributed by atoms with van der Waals surface area (Å²) in [6.07, 6.45) is 2.86. The second-order valence-corrected chi connectivity index (χ2v) is 4.11. The molecule has 1 atom stereocenters. The van der Waals surface area contributed by atoms with Gasteiger partial charge in [-0.15, -0.1) is 0 Å². The minimum absolute atomic E-state index is 0.0150. The summed E-state index contributed by atoms with van der Waals surface area (Å²) in [7, 11) is 0. The lowest BCUT2D eigenvalue weighted by Crippen LogP contribution is -2.33. The van der Waals surface area contributed by atoms with Gasteiger partial charge in [0.2, 0.25) is 5.91 Å². The number of amides is 1. The van der Waals surface area contributed by atoms with E-state index in [1.165, 1.54) is 0 Å². The molecular weight excluding hydrogens is 178 g/mol. The highest BCUT2D eigenvalue weighted by Crippen LogP contribution is 2.03. The van der Waals surface area contributed by atoms with Crippen molar-refractivity contribution in [1.29, 1.82) is 0 Å². The minimum atomic E-state index is -0.228. The molecule has 0 aromatic rings. The molecule has 0 saturated carbocycles. The SMILES string of the molecule is CCC(CO)C(=O)NCCCC(C)C. The molecule has 0 radical (unpaired) electrons. The third kappa shape index (κ3) is 5.97. The summed E-state index contributed by atoms with van der Waals surface area (Å²) in [5.74, 6) is 0.444. The van der Waals surface area contributed by atoms with Gasteiger partial charge in [0.15, 0.2) is 0 Å². The fourth-order valence-corrected chi connectivity index (χ4v) is 1.26. The highest BCUT2D eigenvalue weighted by molar-refractivity contribution is 5.78. The lowest BCUT2D eigenvalue weighted by molar-refractivity contribution is -0.126. The Labute approximate surface area is 86.9 Å². The molecule has 84 valence electrons. The van der Waals surface area contributed by atoms with Crippen molar-refractivity contribution in [3.63, 3.8) is 0 Å². The van der Waals surface area contributed by atoms with E-state index in [-0.39, 0.29) is 18.4 Å². The number of aliphatic hydroxyl groups excluding tert-OH is 1. The number of carbonyl (C=O) groups is 1. The summed E-state index contributed by atoms with van der Waals surface area (Å²) in [6.45, 7) is 6.93. The Morgan fingerprint density at radius 1 is 1.43 bits per heavy atom. The van der Waals surface area contributed by atoms with Crippen LogP contribution in [0.25, 0.3) is 0 Å². The van der Waals surface area contributed by atoms with E-state index < -0.39 is 0 Å². The maximum Gasteiger partial charge on any atom is 0.225 e. The fraction of sp³-hybridized carbons (Fsp3) is 0.909. The molecule has 1 unspecified atom stereocenters. The average molecular weight is 201 g/mol. The van der Waals surface area contributed by atoms with Gasteiger partial charge >= 0.3 is 0 Å². The molecule has 0 aromatic carbocycles. The van der Waals surface area contributed by atoms with Crippen molar-refractivity contribution in [3.8, 4) is 0 Å². The van der Waals surface area contributed by atoms with Gasteiger partial charge in [-0.05, 0) is 25.2 Å². The maximum absolute atomic E-state index is 11.4. The van der Waals surface area contributed by atoms with Crippen LogP contribution in [0.5, 0.6) is 0 Å². The van der Waals surface area contributed by atoms with Crippen molar-refractivity contribution in [3.05, 3.63) is 0 Å². The fourth-order valence-electron chi connectivity index (χ4n) is 1.26. The van der Waals surface area contributed by atoms with Crippen LogP contribution in [0.1, 0.15) is 40.0 Å². The van der Waals surface area contributed by atoms with Crippen molar-refractivity contribution in [1.82, 2.24) is 5.32 Å². The van der Waals surface area contributed by atoms with Crippen molar-refractivity contribution < 1.29 is 9.90 Å². The van der Waals surface area contributed by atoms with Gasteiger partial charge in [0.05, 0.1) is 12.5 Å². The predicted octanol–water partition coefficient (Wildman–Crippen LogP) is 1.56. The highest BCUT2D eigenvalue weighted by Gasteiger charge is 2.13. The first-order valence-corrected chi connectivity index (χ1v) is 5.50. The molecule has 0 spiro atoms. The van der Waals surface area contributed by atoms with Crippen molar-refractivity contribution in [2.24, 2.45) is 11.8 Å². The Morgan fingerprint density at radius 2 is 2.07 bits per heavy atom. The number of carbonyl (C=O) groups excluding carboxylic acids is 1. The first-order chi connectivity index (χ1) is 6.61. The molecule has 0 aliphatic heterocycles. The van der Waals surface area contributed by atoms with E-state index in [9.17, 15) is 4.79 Å². The highest BCUT2D eigenvalue weighted by atomic mass is 16.3. The van der Waals surface area contributed by atoms with Gasteiger partial charge in [0, 0.05) is 6.54 Å². The second-order valence-electron chi connectivity index (χ2n) is 4.11. The summed E-state index contributed by atoms with van der Waals surface area (Å²) < 4.78 is 0. The van der Waals surface area contributed by atoms with E-state index in [4.69, 9.17) is 5.11 Å². The van der Waals surface area contributed by atoms with Gasteiger partial charge in [-0.1, -0.05) is 20.8 Å². The summed E-state index contributed by atoms with van der Waals surface area (Å²) in [4.78, 5) is 11.4. The lowest BCUT2D eigenvalue weighted by Gasteiger charge is -2.12. The number of nitrogens with one attached hydrogen (secondary N) is 1. The number of aliphatic hydroxyl groups is 1. The topological polar surface area (TPSA) is 49.3 Å². The number of rotatable bonds is 7. The summed E-state index contributed by atoms with van der Waals surface area (Å²) in [6, 6.07) is 0. The van der Waals surface area contributed by atoms with Crippen LogP contribution in [0.15, 0.2) is 0 Å². The van der Waals surface area contributed by atoms with Crippen LogP contribution in [-0.2, 0) is 4.79 Å². The molecule has 2 N–H and O–H groups in total. The van der Waals surface area contributed by atoms with E-state index >= 15 is 0 Å². The molecule has 0 aliphatic rings. The zero-order chi connectivity index (χ0) is 11.0. The molecule has 0 rings (SSSR count). The van der Waals surface area contributed by atoms with E-state index in [0.717, 1.165) is 19.4 Å². The predicted molar refractivity (Wildman–Crippen MR) is 57.9 cm³/mol. The summed E-state index contributed by atoms with van der Waals surface area (Å²) in [5, 5.41) is 11.7. The molecular formula is C11H23NO2. The first-order valence-electron chi connectivity index (χ1n) is 5.50. The van der Waals surface area contributed by atoms with Crippen molar-refractivity contribution in [2.45, 2.75) is 40.0 Å². The average Bonchev–Trinajstić information content (AvgIpc) is 2.14. The second kappa shape index (κ2) is 7.80. The zero-order valence-corrected chi connectivity index (χ0v) is 9.55.